The van der Waals surface area contributed by atoms with Crippen LogP contribution < -0.4 is 4.90 Å². The minimum Gasteiger partial charge on any atom is -0.492 e. The molecule has 1 aliphatic heterocycles. The van der Waals surface area contributed by atoms with E-state index >= 15 is 0 Å². The molecule has 0 aliphatic carbocycles. The fourth-order valence-electron chi connectivity index (χ4n) is 4.22. The van der Waals surface area contributed by atoms with Crippen LogP contribution in [0.25, 0.3) is 16.5 Å². The molecule has 1 fully saturated rings. The second kappa shape index (κ2) is 7.29. The highest BCUT2D eigenvalue weighted by Crippen LogP contribution is 2.36. The van der Waals surface area contributed by atoms with Gasteiger partial charge in [-0.25, -0.2) is 0 Å². The molecule has 5 rings (SSSR count). The van der Waals surface area contributed by atoms with Gasteiger partial charge in [-0.1, -0.05) is 41.7 Å². The molecular formula is C21H23N4O3S+. The first kappa shape index (κ1) is 18.4. The number of aromatic hydroxyl groups is 1. The van der Waals surface area contributed by atoms with Crippen molar-refractivity contribution in [1.29, 1.82) is 0 Å². The lowest BCUT2D eigenvalue weighted by molar-refractivity contribution is -0.939. The Bertz CT molecular complexity index is 1100. The average molecular weight is 412 g/mol. The largest absolute Gasteiger partial charge is 0.492 e. The van der Waals surface area contributed by atoms with Crippen LogP contribution in [0.4, 0.5) is 0 Å². The highest BCUT2D eigenvalue weighted by Gasteiger charge is 2.37. The van der Waals surface area contributed by atoms with Crippen molar-refractivity contribution in [3.8, 4) is 17.5 Å². The number of nitrogens with one attached hydrogen (secondary N) is 1. The molecule has 0 saturated carbocycles. The third-order valence-electron chi connectivity index (χ3n) is 5.31. The predicted octanol–water partition coefficient (Wildman–Crippen LogP) is 2.54. The number of thiazole rings is 1. The van der Waals surface area contributed by atoms with E-state index in [1.165, 1.54) is 20.8 Å². The number of nitrogens with zero attached hydrogens (tertiary/aromatic N) is 3. The van der Waals surface area contributed by atoms with Crippen LogP contribution in [-0.2, 0) is 4.74 Å². The van der Waals surface area contributed by atoms with Gasteiger partial charge in [0, 0.05) is 5.56 Å². The van der Waals surface area contributed by atoms with Gasteiger partial charge in [0.2, 0.25) is 16.7 Å². The van der Waals surface area contributed by atoms with Crippen LogP contribution in [-0.4, -0.2) is 45.0 Å². The number of furan rings is 1. The molecule has 150 valence electrons. The maximum atomic E-state index is 11.1. The number of benzene rings is 1. The lowest BCUT2D eigenvalue weighted by Crippen LogP contribution is -3.15. The molecule has 7 nitrogen and oxygen atoms in total. The molecule has 1 aromatic carbocycles. The summed E-state index contributed by atoms with van der Waals surface area (Å²) in [6.45, 7) is 5.95. The number of aromatic nitrogens is 3. The molecule has 0 spiro atoms. The second-order valence-corrected chi connectivity index (χ2v) is 8.57. The number of ether oxygens (including phenoxy) is 1. The highest BCUT2D eigenvalue weighted by atomic mass is 32.1. The molecule has 3 aromatic heterocycles. The van der Waals surface area contributed by atoms with E-state index in [-0.39, 0.29) is 24.1 Å². The van der Waals surface area contributed by atoms with Crippen molar-refractivity contribution >= 4 is 16.3 Å². The van der Waals surface area contributed by atoms with E-state index in [0.29, 0.717) is 16.5 Å². The fraction of sp³-hybridized carbons (Fsp3) is 0.333. The average Bonchev–Trinajstić information content (AvgIpc) is 3.41. The second-order valence-electron chi connectivity index (χ2n) is 7.56. The first-order valence-corrected chi connectivity index (χ1v) is 10.6. The van der Waals surface area contributed by atoms with Gasteiger partial charge >= 0.3 is 0 Å². The van der Waals surface area contributed by atoms with Crippen LogP contribution >= 0.6 is 11.3 Å². The zero-order valence-corrected chi connectivity index (χ0v) is 17.1. The summed E-state index contributed by atoms with van der Waals surface area (Å²) in [5.74, 6) is 1.20. The SMILES string of the molecule is C[C@H]1C[NH+]([C@@H](c2ccccc2)c2sc3nc(-c4ccco4)nn3c2O)C[C@H](C)O1. The molecule has 2 N–H and O–H groups in total. The quantitative estimate of drug-likeness (QED) is 0.540. The van der Waals surface area contributed by atoms with Gasteiger partial charge in [0.25, 0.3) is 0 Å². The molecule has 0 unspecified atom stereocenters. The molecule has 8 heteroatoms. The number of fused-ring (bicyclic) bond motifs is 1. The number of hydrogen-bond acceptors (Lipinski definition) is 6. The molecule has 0 bridgehead atoms. The summed E-state index contributed by atoms with van der Waals surface area (Å²) < 4.78 is 12.9. The van der Waals surface area contributed by atoms with Gasteiger partial charge in [0.05, 0.1) is 6.26 Å². The van der Waals surface area contributed by atoms with E-state index in [1.807, 2.05) is 24.3 Å². The number of rotatable bonds is 4. The third-order valence-corrected chi connectivity index (χ3v) is 6.39. The Kier molecular flexibility index (Phi) is 4.61. The van der Waals surface area contributed by atoms with E-state index in [0.717, 1.165) is 23.5 Å². The zero-order chi connectivity index (χ0) is 20.0. The third kappa shape index (κ3) is 3.33. The molecule has 0 amide bonds. The molecule has 4 heterocycles. The van der Waals surface area contributed by atoms with E-state index in [4.69, 9.17) is 9.15 Å². The summed E-state index contributed by atoms with van der Waals surface area (Å²) >= 11 is 1.48. The lowest BCUT2D eigenvalue weighted by atomic mass is 10.0. The van der Waals surface area contributed by atoms with E-state index in [2.05, 4.69) is 36.1 Å². The van der Waals surface area contributed by atoms with Gasteiger partial charge in [-0.05, 0) is 26.0 Å². The first-order valence-electron chi connectivity index (χ1n) is 9.77. The summed E-state index contributed by atoms with van der Waals surface area (Å²) in [6, 6.07) is 13.9. The normalized spacial score (nSPS) is 23.4. The number of hydrogen-bond donors (Lipinski definition) is 2. The molecule has 3 atom stereocenters. The molecule has 1 aliphatic rings. The first-order chi connectivity index (χ1) is 14.1. The lowest BCUT2D eigenvalue weighted by Gasteiger charge is -2.37. The summed E-state index contributed by atoms with van der Waals surface area (Å²) in [6.07, 6.45) is 1.91. The Morgan fingerprint density at radius 3 is 2.55 bits per heavy atom. The van der Waals surface area contributed by atoms with Gasteiger partial charge in [-0.15, -0.1) is 5.10 Å². The Morgan fingerprint density at radius 2 is 1.90 bits per heavy atom. The maximum Gasteiger partial charge on any atom is 0.235 e. The molecular weight excluding hydrogens is 388 g/mol. The van der Waals surface area contributed by atoms with Gasteiger partial charge in [0.15, 0.2) is 11.8 Å². The fourth-order valence-corrected chi connectivity index (χ4v) is 5.36. The Hall–Kier alpha value is -2.68. The molecule has 4 aromatic rings. The Balaban J connectivity index is 1.59. The van der Waals surface area contributed by atoms with Crippen molar-refractivity contribution in [1.82, 2.24) is 14.6 Å². The van der Waals surface area contributed by atoms with Crippen molar-refractivity contribution in [3.05, 3.63) is 59.2 Å². The van der Waals surface area contributed by atoms with Crippen LogP contribution in [0.5, 0.6) is 5.88 Å². The van der Waals surface area contributed by atoms with Crippen LogP contribution in [0.2, 0.25) is 0 Å². The Labute approximate surface area is 172 Å². The maximum absolute atomic E-state index is 11.1. The number of quaternary nitrogens is 1. The topological polar surface area (TPSA) is 77.2 Å². The van der Waals surface area contributed by atoms with Gasteiger partial charge in [-0.3, -0.25) is 0 Å². The van der Waals surface area contributed by atoms with Crippen molar-refractivity contribution in [2.45, 2.75) is 32.1 Å². The van der Waals surface area contributed by atoms with E-state index in [9.17, 15) is 5.11 Å². The summed E-state index contributed by atoms with van der Waals surface area (Å²) in [5.41, 5.74) is 1.16. The smallest absolute Gasteiger partial charge is 0.235 e. The van der Waals surface area contributed by atoms with Crippen LogP contribution in [0.1, 0.15) is 30.3 Å². The van der Waals surface area contributed by atoms with Crippen molar-refractivity contribution in [3.63, 3.8) is 0 Å². The zero-order valence-electron chi connectivity index (χ0n) is 16.3. The van der Waals surface area contributed by atoms with Crippen molar-refractivity contribution < 1.29 is 19.2 Å². The van der Waals surface area contributed by atoms with E-state index < -0.39 is 0 Å². The van der Waals surface area contributed by atoms with Crippen molar-refractivity contribution in [2.75, 3.05) is 13.1 Å². The highest BCUT2D eigenvalue weighted by molar-refractivity contribution is 7.17. The van der Waals surface area contributed by atoms with Crippen LogP contribution in [0.3, 0.4) is 0 Å². The van der Waals surface area contributed by atoms with Crippen LogP contribution in [0.15, 0.2) is 53.1 Å². The summed E-state index contributed by atoms with van der Waals surface area (Å²) in [7, 11) is 0. The molecule has 29 heavy (non-hydrogen) atoms. The van der Waals surface area contributed by atoms with Gasteiger partial charge in [0.1, 0.15) is 30.2 Å². The molecule has 1 saturated heterocycles. The summed E-state index contributed by atoms with van der Waals surface area (Å²) in [5, 5.41) is 15.6. The standard InChI is InChI=1S/C21H22N4O3S/c1-13-11-24(12-14(2)28-13)17(15-7-4-3-5-8-15)18-20(26)25-21(29-18)22-19(23-25)16-9-6-10-27-16/h3-10,13-14,17,26H,11-12H2,1-2H3/p+1/t13-,14-,17-/m0/s1. The Morgan fingerprint density at radius 1 is 1.14 bits per heavy atom. The van der Waals surface area contributed by atoms with Crippen molar-refractivity contribution in [2.24, 2.45) is 0 Å². The minimum absolute atomic E-state index is 0.00874. The van der Waals surface area contributed by atoms with Gasteiger partial charge < -0.3 is 19.2 Å². The van der Waals surface area contributed by atoms with Gasteiger partial charge in [-0.2, -0.15) is 9.50 Å². The predicted molar refractivity (Wildman–Crippen MR) is 109 cm³/mol. The summed E-state index contributed by atoms with van der Waals surface area (Å²) in [4.78, 5) is 7.46. The minimum atomic E-state index is -0.00874. The van der Waals surface area contributed by atoms with Crippen LogP contribution in [0, 0.1) is 0 Å². The monoisotopic (exact) mass is 411 g/mol. The molecule has 0 radical (unpaired) electrons. The number of morpholine rings is 1. The van der Waals surface area contributed by atoms with E-state index in [1.54, 1.807) is 12.3 Å².